The van der Waals surface area contributed by atoms with Crippen molar-refractivity contribution in [1.29, 1.82) is 0 Å². The molecular formula is C18H17N3OS. The number of anilines is 1. The molecular weight excluding hydrogens is 306 g/mol. The number of carbonyl (C=O) groups is 1. The van der Waals surface area contributed by atoms with Crippen LogP contribution in [-0.4, -0.2) is 16.1 Å². The van der Waals surface area contributed by atoms with Crippen LogP contribution in [0.3, 0.4) is 0 Å². The van der Waals surface area contributed by atoms with Crippen LogP contribution in [0, 0.1) is 6.92 Å². The van der Waals surface area contributed by atoms with E-state index in [2.05, 4.69) is 34.6 Å². The average molecular weight is 323 g/mol. The first kappa shape index (κ1) is 15.4. The lowest BCUT2D eigenvalue weighted by Gasteiger charge is -2.02. The average Bonchev–Trinajstić information content (AvgIpc) is 2.97. The van der Waals surface area contributed by atoms with Gasteiger partial charge in [-0.25, -0.2) is 0 Å². The maximum Gasteiger partial charge on any atom is 0.230 e. The van der Waals surface area contributed by atoms with E-state index in [-0.39, 0.29) is 5.91 Å². The highest BCUT2D eigenvalue weighted by Gasteiger charge is 2.10. The summed E-state index contributed by atoms with van der Waals surface area (Å²) in [4.78, 5) is 12.0. The van der Waals surface area contributed by atoms with Gasteiger partial charge >= 0.3 is 0 Å². The second-order valence-electron chi connectivity index (χ2n) is 5.31. The Kier molecular flexibility index (Phi) is 4.78. The van der Waals surface area contributed by atoms with Gasteiger partial charge in [0.25, 0.3) is 0 Å². The fourth-order valence-electron chi connectivity index (χ4n) is 2.29. The van der Waals surface area contributed by atoms with E-state index in [9.17, 15) is 4.79 Å². The van der Waals surface area contributed by atoms with Gasteiger partial charge in [0.2, 0.25) is 11.0 Å². The van der Waals surface area contributed by atoms with Crippen molar-refractivity contribution < 1.29 is 4.79 Å². The van der Waals surface area contributed by atoms with E-state index in [1.807, 2.05) is 42.5 Å². The van der Waals surface area contributed by atoms with Gasteiger partial charge in [0.05, 0.1) is 6.42 Å². The Morgan fingerprint density at radius 3 is 2.57 bits per heavy atom. The highest BCUT2D eigenvalue weighted by Crippen LogP contribution is 2.20. The van der Waals surface area contributed by atoms with Crippen molar-refractivity contribution in [3.8, 4) is 0 Å². The minimum atomic E-state index is -0.0743. The number of aromatic nitrogens is 2. The zero-order chi connectivity index (χ0) is 16.1. The van der Waals surface area contributed by atoms with Crippen LogP contribution in [0.4, 0.5) is 5.13 Å². The third-order valence-electron chi connectivity index (χ3n) is 3.52. The molecule has 2 aromatic carbocycles. The van der Waals surface area contributed by atoms with Crippen molar-refractivity contribution in [3.05, 3.63) is 76.3 Å². The highest BCUT2D eigenvalue weighted by molar-refractivity contribution is 7.15. The molecule has 0 aliphatic rings. The van der Waals surface area contributed by atoms with Gasteiger partial charge in [-0.1, -0.05) is 65.9 Å². The number of hydrogen-bond acceptors (Lipinski definition) is 4. The Morgan fingerprint density at radius 1 is 1.04 bits per heavy atom. The summed E-state index contributed by atoms with van der Waals surface area (Å²) < 4.78 is 0. The van der Waals surface area contributed by atoms with E-state index in [4.69, 9.17) is 0 Å². The fraction of sp³-hybridized carbons (Fsp3) is 0.167. The molecule has 0 aliphatic carbocycles. The first-order chi connectivity index (χ1) is 11.2. The quantitative estimate of drug-likeness (QED) is 0.780. The van der Waals surface area contributed by atoms with Crippen LogP contribution in [0.5, 0.6) is 0 Å². The summed E-state index contributed by atoms with van der Waals surface area (Å²) in [6.07, 6.45) is 1.08. The molecule has 1 heterocycles. The van der Waals surface area contributed by atoms with E-state index in [1.54, 1.807) is 0 Å². The van der Waals surface area contributed by atoms with Crippen molar-refractivity contribution in [2.75, 3.05) is 5.32 Å². The lowest BCUT2D eigenvalue weighted by molar-refractivity contribution is -0.115. The summed E-state index contributed by atoms with van der Waals surface area (Å²) in [5.41, 5.74) is 3.44. The minimum Gasteiger partial charge on any atom is -0.300 e. The summed E-state index contributed by atoms with van der Waals surface area (Å²) in [5, 5.41) is 12.5. The normalized spacial score (nSPS) is 10.5. The van der Waals surface area contributed by atoms with Crippen LogP contribution in [0.1, 0.15) is 21.7 Å². The van der Waals surface area contributed by atoms with E-state index in [1.165, 1.54) is 22.5 Å². The zero-order valence-corrected chi connectivity index (χ0v) is 13.6. The third-order valence-corrected chi connectivity index (χ3v) is 4.36. The van der Waals surface area contributed by atoms with E-state index < -0.39 is 0 Å². The molecule has 1 aromatic heterocycles. The van der Waals surface area contributed by atoms with Crippen molar-refractivity contribution in [2.24, 2.45) is 0 Å². The van der Waals surface area contributed by atoms with Crippen molar-refractivity contribution >= 4 is 22.4 Å². The molecule has 0 aliphatic heterocycles. The second-order valence-corrected chi connectivity index (χ2v) is 6.38. The van der Waals surface area contributed by atoms with Gasteiger partial charge in [0, 0.05) is 6.42 Å². The lowest BCUT2D eigenvalue weighted by atomic mass is 10.1. The number of rotatable bonds is 5. The van der Waals surface area contributed by atoms with E-state index >= 15 is 0 Å². The molecule has 3 rings (SSSR count). The van der Waals surface area contributed by atoms with Gasteiger partial charge in [-0.05, 0) is 23.6 Å². The monoisotopic (exact) mass is 323 g/mol. The van der Waals surface area contributed by atoms with Crippen LogP contribution in [-0.2, 0) is 17.6 Å². The minimum absolute atomic E-state index is 0.0743. The van der Waals surface area contributed by atoms with Gasteiger partial charge in [-0.3, -0.25) is 4.79 Å². The third kappa shape index (κ3) is 4.23. The van der Waals surface area contributed by atoms with Crippen LogP contribution in [0.25, 0.3) is 0 Å². The molecule has 0 fully saturated rings. The number of carbonyl (C=O) groups excluding carboxylic acids is 1. The molecule has 3 aromatic rings. The van der Waals surface area contributed by atoms with Gasteiger partial charge in [-0.2, -0.15) is 0 Å². The van der Waals surface area contributed by atoms with E-state index in [0.717, 1.165) is 17.0 Å². The lowest BCUT2D eigenvalue weighted by Crippen LogP contribution is -2.14. The molecule has 0 saturated heterocycles. The first-order valence-corrected chi connectivity index (χ1v) is 8.23. The summed E-state index contributed by atoms with van der Waals surface area (Å²) in [6, 6.07) is 17.9. The van der Waals surface area contributed by atoms with E-state index in [0.29, 0.717) is 11.6 Å². The Hall–Kier alpha value is -2.53. The number of benzene rings is 2. The molecule has 116 valence electrons. The molecule has 1 N–H and O–H groups in total. The predicted octanol–water partition coefficient (Wildman–Crippen LogP) is 3.62. The summed E-state index contributed by atoms with van der Waals surface area (Å²) >= 11 is 1.42. The number of aryl methyl sites for hydroxylation is 1. The number of amides is 1. The summed E-state index contributed by atoms with van der Waals surface area (Å²) in [5.74, 6) is -0.0743. The second kappa shape index (κ2) is 7.15. The number of hydrogen-bond donors (Lipinski definition) is 1. The van der Waals surface area contributed by atoms with Crippen molar-refractivity contribution in [3.63, 3.8) is 0 Å². The number of nitrogens with zero attached hydrogens (tertiary/aromatic N) is 2. The maximum atomic E-state index is 12.0. The van der Waals surface area contributed by atoms with Gasteiger partial charge < -0.3 is 5.32 Å². The Morgan fingerprint density at radius 2 is 1.78 bits per heavy atom. The SMILES string of the molecule is Cc1ccccc1Cc1nnc(NC(=O)Cc2ccccc2)s1. The Balaban J connectivity index is 1.61. The van der Waals surface area contributed by atoms with Crippen LogP contribution in [0.15, 0.2) is 54.6 Å². The van der Waals surface area contributed by atoms with Crippen LogP contribution in [0.2, 0.25) is 0 Å². The standard InChI is InChI=1S/C18H17N3OS/c1-13-7-5-6-10-15(13)12-17-20-21-18(23-17)19-16(22)11-14-8-3-2-4-9-14/h2-10H,11-12H2,1H3,(H,19,21,22). The largest absolute Gasteiger partial charge is 0.300 e. The Bertz CT molecular complexity index is 799. The molecule has 0 spiro atoms. The molecule has 23 heavy (non-hydrogen) atoms. The molecule has 4 nitrogen and oxygen atoms in total. The molecule has 0 bridgehead atoms. The topological polar surface area (TPSA) is 54.9 Å². The van der Waals surface area contributed by atoms with Crippen molar-refractivity contribution in [1.82, 2.24) is 10.2 Å². The van der Waals surface area contributed by atoms with Crippen molar-refractivity contribution in [2.45, 2.75) is 19.8 Å². The van der Waals surface area contributed by atoms with Gasteiger partial charge in [0.1, 0.15) is 5.01 Å². The molecule has 5 heteroatoms. The summed E-state index contributed by atoms with van der Waals surface area (Å²) in [6.45, 7) is 2.08. The first-order valence-electron chi connectivity index (χ1n) is 7.41. The number of nitrogens with one attached hydrogen (secondary N) is 1. The highest BCUT2D eigenvalue weighted by atomic mass is 32.1. The maximum absolute atomic E-state index is 12.0. The molecule has 0 atom stereocenters. The Labute approximate surface area is 139 Å². The smallest absolute Gasteiger partial charge is 0.230 e. The molecule has 0 radical (unpaired) electrons. The fourth-order valence-corrected chi connectivity index (χ4v) is 3.07. The van der Waals surface area contributed by atoms with Gasteiger partial charge in [0.15, 0.2) is 0 Å². The van der Waals surface area contributed by atoms with Crippen LogP contribution < -0.4 is 5.32 Å². The predicted molar refractivity (Wildman–Crippen MR) is 92.7 cm³/mol. The van der Waals surface area contributed by atoms with Gasteiger partial charge in [-0.15, -0.1) is 10.2 Å². The zero-order valence-electron chi connectivity index (χ0n) is 12.8. The van der Waals surface area contributed by atoms with Crippen LogP contribution >= 0.6 is 11.3 Å². The molecule has 0 saturated carbocycles. The summed E-state index contributed by atoms with van der Waals surface area (Å²) in [7, 11) is 0. The molecule has 1 amide bonds. The molecule has 0 unspecified atom stereocenters.